The van der Waals surface area contributed by atoms with Crippen molar-refractivity contribution in [3.8, 4) is 0 Å². The molecule has 0 spiro atoms. The second kappa shape index (κ2) is 65.7. The van der Waals surface area contributed by atoms with Crippen molar-refractivity contribution < 1.29 is 80.2 Å². The Balaban J connectivity index is 5.24. The van der Waals surface area contributed by atoms with Crippen molar-refractivity contribution in [3.63, 3.8) is 0 Å². The van der Waals surface area contributed by atoms with Crippen LogP contribution in [0.2, 0.25) is 0 Å². The second-order valence-electron chi connectivity index (χ2n) is 28.5. The van der Waals surface area contributed by atoms with Crippen molar-refractivity contribution in [2.75, 3.05) is 39.6 Å². The third-order valence-corrected chi connectivity index (χ3v) is 19.3. The molecule has 5 atom stereocenters. The Kier molecular flexibility index (Phi) is 64.3. The Labute approximate surface area is 575 Å². The summed E-state index contributed by atoms with van der Waals surface area (Å²) < 4.78 is 68.5. The molecule has 0 bridgehead atoms. The summed E-state index contributed by atoms with van der Waals surface area (Å²) in [5.74, 6) is 0.184. The van der Waals surface area contributed by atoms with Gasteiger partial charge in [0.15, 0.2) is 12.2 Å². The SMILES string of the molecule is CCCCCCCCCCCCC(=O)OC[C@H](COP(=O)(O)OC[C@H](O)COP(=O)(O)OC[C@@H](COC(=O)CCCCCCCCCCCCCCCC(C)C)OC(=O)CCCCCCCCCCCCCCCCC(C)C)OC(=O)CCCCCCCCCCC(C)C. The van der Waals surface area contributed by atoms with Gasteiger partial charge in [0, 0.05) is 25.7 Å². The van der Waals surface area contributed by atoms with E-state index in [1.807, 2.05) is 0 Å². The van der Waals surface area contributed by atoms with Gasteiger partial charge in [0.25, 0.3) is 0 Å². The molecule has 0 aliphatic carbocycles. The summed E-state index contributed by atoms with van der Waals surface area (Å²) in [4.78, 5) is 72.7. The van der Waals surface area contributed by atoms with Crippen LogP contribution in [-0.2, 0) is 65.4 Å². The van der Waals surface area contributed by atoms with E-state index >= 15 is 0 Å². The largest absolute Gasteiger partial charge is 0.472 e. The van der Waals surface area contributed by atoms with Crippen molar-refractivity contribution in [2.24, 2.45) is 17.8 Å². The molecule has 0 amide bonds. The highest BCUT2D eigenvalue weighted by molar-refractivity contribution is 7.47. The van der Waals surface area contributed by atoms with Gasteiger partial charge in [-0.1, -0.05) is 331 Å². The van der Waals surface area contributed by atoms with Gasteiger partial charge in [-0.2, -0.15) is 0 Å². The molecule has 0 aromatic rings. The van der Waals surface area contributed by atoms with Gasteiger partial charge >= 0.3 is 39.5 Å². The van der Waals surface area contributed by atoms with Gasteiger partial charge in [-0.05, 0) is 43.4 Å². The Bertz CT molecular complexity index is 1840. The molecule has 0 aliphatic heterocycles. The van der Waals surface area contributed by atoms with Crippen molar-refractivity contribution in [2.45, 2.75) is 401 Å². The lowest BCUT2D eigenvalue weighted by Crippen LogP contribution is -2.30. The molecule has 0 aliphatic rings. The summed E-state index contributed by atoms with van der Waals surface area (Å²) in [6, 6.07) is 0. The minimum atomic E-state index is -4.96. The first-order valence-corrected chi connectivity index (χ1v) is 41.8. The number of hydrogen-bond donors (Lipinski definition) is 3. The minimum Gasteiger partial charge on any atom is -0.462 e. The predicted molar refractivity (Wildman–Crippen MR) is 381 cm³/mol. The van der Waals surface area contributed by atoms with Gasteiger partial charge in [0.1, 0.15) is 19.3 Å². The number of phosphoric acid groups is 2. The van der Waals surface area contributed by atoms with Crippen LogP contribution >= 0.6 is 15.6 Å². The van der Waals surface area contributed by atoms with E-state index < -0.39 is 97.5 Å². The summed E-state index contributed by atoms with van der Waals surface area (Å²) in [6.45, 7) is 11.9. The van der Waals surface area contributed by atoms with E-state index in [1.54, 1.807) is 0 Å². The Morgan fingerprint density at radius 3 is 0.723 bits per heavy atom. The minimum absolute atomic E-state index is 0.104. The lowest BCUT2D eigenvalue weighted by atomic mass is 10.0. The highest BCUT2D eigenvalue weighted by Crippen LogP contribution is 2.45. The van der Waals surface area contributed by atoms with Crippen LogP contribution in [0.1, 0.15) is 382 Å². The molecular formula is C75H146O17P2. The molecule has 0 heterocycles. The monoisotopic (exact) mass is 1380 g/mol. The number of esters is 4. The third kappa shape index (κ3) is 68.6. The number of phosphoric ester groups is 2. The van der Waals surface area contributed by atoms with Gasteiger partial charge in [-0.15, -0.1) is 0 Å². The highest BCUT2D eigenvalue weighted by atomic mass is 31.2. The number of unbranched alkanes of at least 4 members (excludes halogenated alkanes) is 41. The first-order valence-electron chi connectivity index (χ1n) is 38.8. The Morgan fingerprint density at radius 1 is 0.287 bits per heavy atom. The van der Waals surface area contributed by atoms with E-state index in [9.17, 15) is 43.2 Å². The second-order valence-corrected chi connectivity index (χ2v) is 31.4. The van der Waals surface area contributed by atoms with E-state index in [0.29, 0.717) is 25.7 Å². The summed E-state index contributed by atoms with van der Waals surface area (Å²) in [5.41, 5.74) is 0. The maximum atomic E-state index is 13.1. The molecule has 0 radical (unpaired) electrons. The lowest BCUT2D eigenvalue weighted by Gasteiger charge is -2.21. The molecule has 0 saturated carbocycles. The number of aliphatic hydroxyl groups excluding tert-OH is 1. The van der Waals surface area contributed by atoms with Crippen LogP contribution in [0.25, 0.3) is 0 Å². The summed E-state index contributed by atoms with van der Waals surface area (Å²) >= 11 is 0. The zero-order chi connectivity index (χ0) is 69.4. The topological polar surface area (TPSA) is 237 Å². The average Bonchev–Trinajstić information content (AvgIpc) is 1.62. The van der Waals surface area contributed by atoms with E-state index in [-0.39, 0.29) is 25.7 Å². The molecule has 0 aromatic heterocycles. The van der Waals surface area contributed by atoms with Crippen LogP contribution in [-0.4, -0.2) is 96.7 Å². The van der Waals surface area contributed by atoms with Crippen molar-refractivity contribution >= 4 is 39.5 Å². The van der Waals surface area contributed by atoms with Crippen molar-refractivity contribution in [1.29, 1.82) is 0 Å². The molecule has 19 heteroatoms. The van der Waals surface area contributed by atoms with Gasteiger partial charge < -0.3 is 33.8 Å². The lowest BCUT2D eigenvalue weighted by molar-refractivity contribution is -0.161. The number of ether oxygens (including phenoxy) is 4. The first-order chi connectivity index (χ1) is 45.2. The Morgan fingerprint density at radius 2 is 0.489 bits per heavy atom. The first kappa shape index (κ1) is 92.1. The predicted octanol–water partition coefficient (Wildman–Crippen LogP) is 21.8. The number of hydrogen-bond acceptors (Lipinski definition) is 15. The number of rotatable bonds is 73. The van der Waals surface area contributed by atoms with E-state index in [2.05, 4.69) is 48.5 Å². The normalized spacial score (nSPS) is 14.1. The van der Waals surface area contributed by atoms with E-state index in [0.717, 1.165) is 108 Å². The third-order valence-electron chi connectivity index (χ3n) is 17.4. The molecule has 3 N–H and O–H groups in total. The molecule has 0 saturated heterocycles. The molecule has 2 unspecified atom stereocenters. The average molecular weight is 1380 g/mol. The fraction of sp³-hybridized carbons (Fsp3) is 0.947. The highest BCUT2D eigenvalue weighted by Gasteiger charge is 2.30. The van der Waals surface area contributed by atoms with Crippen molar-refractivity contribution in [1.82, 2.24) is 0 Å². The van der Waals surface area contributed by atoms with Gasteiger partial charge in [0.2, 0.25) is 0 Å². The smallest absolute Gasteiger partial charge is 0.462 e. The van der Waals surface area contributed by atoms with Crippen LogP contribution in [0.15, 0.2) is 0 Å². The fourth-order valence-corrected chi connectivity index (χ4v) is 13.0. The fourth-order valence-electron chi connectivity index (χ4n) is 11.4. The van der Waals surface area contributed by atoms with Gasteiger partial charge in [-0.25, -0.2) is 9.13 Å². The van der Waals surface area contributed by atoms with Crippen LogP contribution in [0, 0.1) is 17.8 Å². The summed E-state index contributed by atoms with van der Waals surface area (Å²) in [5, 5.41) is 10.6. The molecule has 0 aromatic carbocycles. The van der Waals surface area contributed by atoms with Crippen molar-refractivity contribution in [3.05, 3.63) is 0 Å². The Hall–Kier alpha value is -1.94. The van der Waals surface area contributed by atoms with Crippen LogP contribution in [0.4, 0.5) is 0 Å². The zero-order valence-electron chi connectivity index (χ0n) is 61.4. The molecular weight excluding hydrogens is 1230 g/mol. The number of carbonyl (C=O) groups is 4. The van der Waals surface area contributed by atoms with Crippen LogP contribution < -0.4 is 0 Å². The molecule has 17 nitrogen and oxygen atoms in total. The summed E-state index contributed by atoms with van der Waals surface area (Å²) in [6.07, 6.45) is 51.3. The maximum absolute atomic E-state index is 13.1. The summed E-state index contributed by atoms with van der Waals surface area (Å²) in [7, 11) is -9.91. The van der Waals surface area contributed by atoms with Crippen LogP contribution in [0.3, 0.4) is 0 Å². The molecule has 94 heavy (non-hydrogen) atoms. The van der Waals surface area contributed by atoms with Crippen LogP contribution in [0.5, 0.6) is 0 Å². The standard InChI is InChI=1S/C75H146O17P2/c1-8-9-10-11-12-13-27-35-42-49-56-72(77)85-63-71(92-75(80)59-52-45-38-31-30-34-41-48-55-68(6)7)65-90-94(83,84)88-61-69(76)60-87-93(81,82)89-64-70(62-86-73(78)57-50-43-36-28-23-20-16-18-22-26-33-40-47-54-67(4)5)91-74(79)58-51-44-37-29-24-19-15-14-17-21-25-32-39-46-53-66(2)3/h66-71,76H,8-65H2,1-7H3,(H,81,82)(H,83,84)/t69-,70-,71-/m1/s1. The van der Waals surface area contributed by atoms with Gasteiger partial charge in [0.05, 0.1) is 26.4 Å². The van der Waals surface area contributed by atoms with E-state index in [1.165, 1.54) is 193 Å². The molecule has 0 rings (SSSR count). The number of aliphatic hydroxyl groups is 1. The molecule has 558 valence electrons. The quantitative estimate of drug-likeness (QED) is 0.0222. The number of carbonyl (C=O) groups excluding carboxylic acids is 4. The van der Waals surface area contributed by atoms with Gasteiger partial charge in [-0.3, -0.25) is 37.3 Å². The zero-order valence-corrected chi connectivity index (χ0v) is 63.2. The molecule has 0 fully saturated rings. The maximum Gasteiger partial charge on any atom is 0.472 e. The van der Waals surface area contributed by atoms with E-state index in [4.69, 9.17) is 37.0 Å².